The normalized spacial score (nSPS) is 15.5. The fourth-order valence-electron chi connectivity index (χ4n) is 3.07. The lowest BCUT2D eigenvalue weighted by Gasteiger charge is -2.12. The van der Waals surface area contributed by atoms with Gasteiger partial charge in [0, 0.05) is 0 Å². The molecule has 0 atom stereocenters. The lowest BCUT2D eigenvalue weighted by Crippen LogP contribution is -2.27. The van der Waals surface area contributed by atoms with Crippen molar-refractivity contribution in [3.05, 3.63) is 100 Å². The molecule has 4 rings (SSSR count). The van der Waals surface area contributed by atoms with E-state index in [0.29, 0.717) is 11.4 Å². The summed E-state index contributed by atoms with van der Waals surface area (Å²) >= 11 is 0.998. The van der Waals surface area contributed by atoms with Crippen LogP contribution in [0.5, 0.6) is 0 Å². The molecule has 0 radical (unpaired) electrons. The molecule has 3 nitrogen and oxygen atoms in total. The largest absolute Gasteiger partial charge is 0.293 e. The van der Waals surface area contributed by atoms with Crippen molar-refractivity contribution in [2.45, 2.75) is 13.5 Å². The Morgan fingerprint density at radius 3 is 2.14 bits per heavy atom. The van der Waals surface area contributed by atoms with E-state index in [1.807, 2.05) is 73.7 Å². The van der Waals surface area contributed by atoms with Crippen molar-refractivity contribution in [2.24, 2.45) is 0 Å². The van der Waals surface area contributed by atoms with Gasteiger partial charge >= 0.3 is 0 Å². The van der Waals surface area contributed by atoms with Crippen LogP contribution in [0, 0.1) is 6.92 Å². The van der Waals surface area contributed by atoms with E-state index in [0.717, 1.165) is 39.6 Å². The number of carbonyl (C=O) groups excluding carboxylic acids is 2. The molecule has 1 saturated heterocycles. The average molecular weight is 385 g/mol. The van der Waals surface area contributed by atoms with E-state index in [1.54, 1.807) is 6.08 Å². The summed E-state index contributed by atoms with van der Waals surface area (Å²) in [5.41, 5.74) is 5.26. The number of thioether (sulfide) groups is 1. The molecule has 0 spiro atoms. The molecule has 4 heteroatoms. The van der Waals surface area contributed by atoms with Crippen molar-refractivity contribution in [1.29, 1.82) is 0 Å². The van der Waals surface area contributed by atoms with Gasteiger partial charge in [-0.05, 0) is 47.0 Å². The van der Waals surface area contributed by atoms with Gasteiger partial charge in [-0.25, -0.2) is 0 Å². The van der Waals surface area contributed by atoms with Crippen LogP contribution in [0.3, 0.4) is 0 Å². The molecule has 1 fully saturated rings. The Morgan fingerprint density at radius 1 is 0.821 bits per heavy atom. The van der Waals surface area contributed by atoms with Gasteiger partial charge in [-0.15, -0.1) is 0 Å². The lowest BCUT2D eigenvalue weighted by molar-refractivity contribution is -0.123. The van der Waals surface area contributed by atoms with E-state index in [2.05, 4.69) is 12.1 Å². The summed E-state index contributed by atoms with van der Waals surface area (Å²) in [5.74, 6) is -0.234. The Labute approximate surface area is 168 Å². The molecule has 28 heavy (non-hydrogen) atoms. The maximum Gasteiger partial charge on any atom is 0.293 e. The molecule has 0 saturated carbocycles. The number of nitrogens with zero attached hydrogens (tertiary/aromatic N) is 1. The molecule has 0 aromatic heterocycles. The second-order valence-corrected chi connectivity index (χ2v) is 7.73. The summed E-state index contributed by atoms with van der Waals surface area (Å²) < 4.78 is 0. The molecule has 3 aromatic carbocycles. The van der Waals surface area contributed by atoms with Gasteiger partial charge in [0.15, 0.2) is 0 Å². The zero-order chi connectivity index (χ0) is 19.5. The highest BCUT2D eigenvalue weighted by Crippen LogP contribution is 2.33. The summed E-state index contributed by atoms with van der Waals surface area (Å²) in [6.45, 7) is 2.31. The molecule has 2 amide bonds. The maximum absolute atomic E-state index is 12.7. The smallest absolute Gasteiger partial charge is 0.268 e. The van der Waals surface area contributed by atoms with Crippen LogP contribution >= 0.6 is 11.8 Å². The Morgan fingerprint density at radius 2 is 1.46 bits per heavy atom. The number of rotatable bonds is 4. The van der Waals surface area contributed by atoms with E-state index < -0.39 is 0 Å². The van der Waals surface area contributed by atoms with Crippen molar-refractivity contribution >= 4 is 29.0 Å². The molecular weight excluding hydrogens is 366 g/mol. The minimum Gasteiger partial charge on any atom is -0.268 e. The number of hydrogen-bond donors (Lipinski definition) is 0. The van der Waals surface area contributed by atoms with Gasteiger partial charge in [0.1, 0.15) is 0 Å². The number of imide groups is 1. The van der Waals surface area contributed by atoms with Crippen molar-refractivity contribution in [3.63, 3.8) is 0 Å². The molecule has 1 aliphatic rings. The lowest BCUT2D eigenvalue weighted by atomic mass is 10.0. The summed E-state index contributed by atoms with van der Waals surface area (Å²) in [4.78, 5) is 26.8. The van der Waals surface area contributed by atoms with Crippen LogP contribution in [0.2, 0.25) is 0 Å². The summed E-state index contributed by atoms with van der Waals surface area (Å²) in [5, 5.41) is -0.224. The van der Waals surface area contributed by atoms with Gasteiger partial charge < -0.3 is 0 Å². The van der Waals surface area contributed by atoms with E-state index in [9.17, 15) is 9.59 Å². The molecule has 138 valence electrons. The molecule has 0 aliphatic carbocycles. The molecular formula is C24H19NO2S. The van der Waals surface area contributed by atoms with E-state index >= 15 is 0 Å². The average Bonchev–Trinajstić information content (AvgIpc) is 2.98. The molecule has 1 heterocycles. The molecule has 0 unspecified atom stereocenters. The third kappa shape index (κ3) is 3.92. The quantitative estimate of drug-likeness (QED) is 0.525. The van der Waals surface area contributed by atoms with Crippen LogP contribution in [0.15, 0.2) is 83.8 Å². The summed E-state index contributed by atoms with van der Waals surface area (Å²) in [7, 11) is 0. The highest BCUT2D eigenvalue weighted by Gasteiger charge is 2.34. The van der Waals surface area contributed by atoms with Crippen LogP contribution in [-0.4, -0.2) is 16.0 Å². The van der Waals surface area contributed by atoms with Crippen molar-refractivity contribution in [3.8, 4) is 11.1 Å². The standard InChI is InChI=1S/C24H19NO2S/c1-17-7-9-19(10-8-17)16-25-23(26)22(28-24(25)27)15-18-11-13-21(14-12-18)20-5-3-2-4-6-20/h2-15H,16H2,1H3. The Kier molecular flexibility index (Phi) is 5.13. The van der Waals surface area contributed by atoms with Crippen LogP contribution in [-0.2, 0) is 11.3 Å². The topological polar surface area (TPSA) is 37.4 Å². The number of carbonyl (C=O) groups is 2. The predicted octanol–water partition coefficient (Wildman–Crippen LogP) is 5.90. The van der Waals surface area contributed by atoms with Gasteiger partial charge in [-0.1, -0.05) is 84.4 Å². The van der Waals surface area contributed by atoms with Gasteiger partial charge in [-0.2, -0.15) is 0 Å². The van der Waals surface area contributed by atoms with Crippen molar-refractivity contribution in [2.75, 3.05) is 0 Å². The van der Waals surface area contributed by atoms with E-state index in [1.165, 1.54) is 4.90 Å². The number of amides is 2. The van der Waals surface area contributed by atoms with Crippen LogP contribution in [0.1, 0.15) is 16.7 Å². The number of aryl methyl sites for hydroxylation is 1. The molecule has 3 aromatic rings. The second-order valence-electron chi connectivity index (χ2n) is 6.74. The first-order valence-corrected chi connectivity index (χ1v) is 9.88. The Bertz CT molecular complexity index is 1040. The van der Waals surface area contributed by atoms with Crippen LogP contribution in [0.25, 0.3) is 17.2 Å². The number of benzene rings is 3. The Hall–Kier alpha value is -3.11. The fraction of sp³-hybridized carbons (Fsp3) is 0.0833. The summed E-state index contributed by atoms with van der Waals surface area (Å²) in [6, 6.07) is 26.0. The van der Waals surface area contributed by atoms with Gasteiger partial charge in [0.05, 0.1) is 11.4 Å². The van der Waals surface area contributed by atoms with Crippen LogP contribution < -0.4 is 0 Å². The minimum absolute atomic E-state index is 0.224. The molecule has 0 bridgehead atoms. The Balaban J connectivity index is 1.51. The zero-order valence-electron chi connectivity index (χ0n) is 15.5. The summed E-state index contributed by atoms with van der Waals surface area (Å²) in [6.07, 6.45) is 1.79. The predicted molar refractivity (Wildman–Crippen MR) is 115 cm³/mol. The van der Waals surface area contributed by atoms with E-state index in [4.69, 9.17) is 0 Å². The zero-order valence-corrected chi connectivity index (χ0v) is 16.3. The molecule has 0 N–H and O–H groups in total. The van der Waals surface area contributed by atoms with Gasteiger partial charge in [0.25, 0.3) is 11.1 Å². The van der Waals surface area contributed by atoms with Gasteiger partial charge in [-0.3, -0.25) is 14.5 Å². The van der Waals surface area contributed by atoms with E-state index in [-0.39, 0.29) is 11.1 Å². The van der Waals surface area contributed by atoms with Crippen molar-refractivity contribution in [1.82, 2.24) is 4.90 Å². The first kappa shape index (κ1) is 18.3. The van der Waals surface area contributed by atoms with Crippen molar-refractivity contribution < 1.29 is 9.59 Å². The third-order valence-corrected chi connectivity index (χ3v) is 5.56. The molecule has 1 aliphatic heterocycles. The SMILES string of the molecule is Cc1ccc(CN2C(=O)SC(=Cc3ccc(-c4ccccc4)cc3)C2=O)cc1. The minimum atomic E-state index is -0.234. The first-order valence-electron chi connectivity index (χ1n) is 9.06. The second kappa shape index (κ2) is 7.87. The monoisotopic (exact) mass is 385 g/mol. The number of hydrogen-bond acceptors (Lipinski definition) is 3. The van der Waals surface area contributed by atoms with Crippen LogP contribution in [0.4, 0.5) is 4.79 Å². The highest BCUT2D eigenvalue weighted by molar-refractivity contribution is 8.18. The third-order valence-electron chi connectivity index (χ3n) is 4.65. The maximum atomic E-state index is 12.7. The first-order chi connectivity index (χ1) is 13.6. The fourth-order valence-corrected chi connectivity index (χ4v) is 3.90. The van der Waals surface area contributed by atoms with Gasteiger partial charge in [0.2, 0.25) is 0 Å². The highest BCUT2D eigenvalue weighted by atomic mass is 32.2.